The van der Waals surface area contributed by atoms with Gasteiger partial charge in [0.1, 0.15) is 0 Å². The molecule has 0 bridgehead atoms. The van der Waals surface area contributed by atoms with Crippen molar-refractivity contribution in [1.82, 2.24) is 9.88 Å². The van der Waals surface area contributed by atoms with Gasteiger partial charge in [-0.2, -0.15) is 0 Å². The van der Waals surface area contributed by atoms with Gasteiger partial charge in [0.15, 0.2) is 8.68 Å². The summed E-state index contributed by atoms with van der Waals surface area (Å²) in [5.74, 6) is 0. The predicted molar refractivity (Wildman–Crippen MR) is 81.8 cm³/mol. The number of thiazole rings is 1. The van der Waals surface area contributed by atoms with Crippen LogP contribution in [0.25, 0.3) is 0 Å². The number of rotatable bonds is 5. The lowest BCUT2D eigenvalue weighted by Crippen LogP contribution is -2.12. The molecule has 0 aliphatic rings. The molecule has 0 atom stereocenters. The van der Waals surface area contributed by atoms with Crippen molar-refractivity contribution in [1.29, 1.82) is 0 Å². The van der Waals surface area contributed by atoms with Gasteiger partial charge < -0.3 is 4.90 Å². The number of hydrogen-bond acceptors (Lipinski definition) is 5. The summed E-state index contributed by atoms with van der Waals surface area (Å²) < 4.78 is 26.9. The number of nitrogens with zero attached hydrogens (tertiary/aromatic N) is 2. The largest absolute Gasteiger partial charge is 0.305 e. The SMILES string of the molecule is CN(C)Cc1ccc(NS(=O)(=O)c2cnc(Cl)s2)cc1. The number of hydrogen-bond donors (Lipinski definition) is 1. The van der Waals surface area contributed by atoms with Crippen LogP contribution in [0.4, 0.5) is 5.69 Å². The number of benzene rings is 1. The summed E-state index contributed by atoms with van der Waals surface area (Å²) in [5, 5.41) is 0. The van der Waals surface area contributed by atoms with Gasteiger partial charge in [-0.3, -0.25) is 4.72 Å². The number of anilines is 1. The minimum Gasteiger partial charge on any atom is -0.305 e. The van der Waals surface area contributed by atoms with E-state index in [-0.39, 0.29) is 8.68 Å². The molecular formula is C12H14ClN3O2S2. The molecular weight excluding hydrogens is 318 g/mol. The van der Waals surface area contributed by atoms with Gasteiger partial charge in [-0.1, -0.05) is 35.1 Å². The predicted octanol–water partition coefficient (Wildman–Crippen LogP) is 2.66. The highest BCUT2D eigenvalue weighted by molar-refractivity contribution is 7.94. The highest BCUT2D eigenvalue weighted by atomic mass is 35.5. The van der Waals surface area contributed by atoms with Crippen molar-refractivity contribution in [3.63, 3.8) is 0 Å². The summed E-state index contributed by atoms with van der Waals surface area (Å²) in [6.45, 7) is 0.803. The molecule has 2 rings (SSSR count). The average molecular weight is 332 g/mol. The molecule has 1 N–H and O–H groups in total. The molecule has 108 valence electrons. The monoisotopic (exact) mass is 331 g/mol. The van der Waals surface area contributed by atoms with E-state index in [1.807, 2.05) is 31.1 Å². The Bertz CT molecular complexity index is 681. The average Bonchev–Trinajstić information content (AvgIpc) is 2.78. The molecule has 1 heterocycles. The van der Waals surface area contributed by atoms with Crippen LogP contribution in [0.1, 0.15) is 5.56 Å². The molecule has 0 aliphatic heterocycles. The Labute approximate surface area is 127 Å². The van der Waals surface area contributed by atoms with Gasteiger partial charge in [0, 0.05) is 12.2 Å². The quantitative estimate of drug-likeness (QED) is 0.915. The number of sulfonamides is 1. The molecule has 0 radical (unpaired) electrons. The molecule has 0 amide bonds. The topological polar surface area (TPSA) is 62.3 Å². The molecule has 2 aromatic rings. The van der Waals surface area contributed by atoms with E-state index in [0.717, 1.165) is 23.4 Å². The fraction of sp³-hybridized carbons (Fsp3) is 0.250. The fourth-order valence-corrected chi connectivity index (χ4v) is 3.96. The molecule has 0 aliphatic carbocycles. The first-order valence-electron chi connectivity index (χ1n) is 5.74. The fourth-order valence-electron chi connectivity index (χ4n) is 1.61. The minimum absolute atomic E-state index is 0.0971. The van der Waals surface area contributed by atoms with Crippen molar-refractivity contribution < 1.29 is 8.42 Å². The van der Waals surface area contributed by atoms with Gasteiger partial charge in [0.2, 0.25) is 0 Å². The summed E-state index contributed by atoms with van der Waals surface area (Å²) in [6, 6.07) is 7.24. The maximum atomic E-state index is 12.1. The van der Waals surface area contributed by atoms with E-state index >= 15 is 0 Å². The molecule has 8 heteroatoms. The molecule has 0 saturated heterocycles. The van der Waals surface area contributed by atoms with E-state index in [0.29, 0.717) is 5.69 Å². The number of halogens is 1. The third-order valence-electron chi connectivity index (χ3n) is 2.43. The van der Waals surface area contributed by atoms with Crippen LogP contribution in [0, 0.1) is 0 Å². The number of aromatic nitrogens is 1. The first-order chi connectivity index (χ1) is 9.37. The van der Waals surface area contributed by atoms with Gasteiger partial charge in [-0.25, -0.2) is 13.4 Å². The third-order valence-corrected chi connectivity index (χ3v) is 5.38. The van der Waals surface area contributed by atoms with Gasteiger partial charge in [0.25, 0.3) is 10.0 Å². The molecule has 0 fully saturated rings. The summed E-state index contributed by atoms with van der Waals surface area (Å²) in [4.78, 5) is 5.77. The van der Waals surface area contributed by atoms with Crippen LogP contribution in [0.3, 0.4) is 0 Å². The van der Waals surface area contributed by atoms with Crippen LogP contribution in [0.5, 0.6) is 0 Å². The molecule has 0 saturated carbocycles. The van der Waals surface area contributed by atoms with Crippen LogP contribution in [-0.2, 0) is 16.6 Å². The van der Waals surface area contributed by atoms with Crippen LogP contribution < -0.4 is 4.72 Å². The zero-order chi connectivity index (χ0) is 14.8. The van der Waals surface area contributed by atoms with Crippen molar-refractivity contribution in [2.45, 2.75) is 10.8 Å². The summed E-state index contributed by atoms with van der Waals surface area (Å²) in [6.07, 6.45) is 1.25. The Kier molecular flexibility index (Phi) is 4.64. The second kappa shape index (κ2) is 6.09. The summed E-state index contributed by atoms with van der Waals surface area (Å²) in [7, 11) is 0.335. The van der Waals surface area contributed by atoms with Crippen molar-refractivity contribution >= 4 is 38.6 Å². The zero-order valence-electron chi connectivity index (χ0n) is 11.0. The Morgan fingerprint density at radius 1 is 1.30 bits per heavy atom. The third kappa shape index (κ3) is 3.92. The molecule has 1 aromatic carbocycles. The molecule has 5 nitrogen and oxygen atoms in total. The molecule has 20 heavy (non-hydrogen) atoms. The maximum absolute atomic E-state index is 12.1. The van der Waals surface area contributed by atoms with Crippen molar-refractivity contribution in [2.24, 2.45) is 0 Å². The Morgan fingerprint density at radius 2 is 1.95 bits per heavy atom. The Balaban J connectivity index is 2.13. The lowest BCUT2D eigenvalue weighted by molar-refractivity contribution is 0.402. The summed E-state index contributed by atoms with van der Waals surface area (Å²) >= 11 is 6.57. The van der Waals surface area contributed by atoms with E-state index < -0.39 is 10.0 Å². The Morgan fingerprint density at radius 3 is 2.45 bits per heavy atom. The lowest BCUT2D eigenvalue weighted by Gasteiger charge is -2.10. The van der Waals surface area contributed by atoms with Crippen LogP contribution in [-0.4, -0.2) is 32.4 Å². The van der Waals surface area contributed by atoms with Crippen molar-refractivity contribution in [3.8, 4) is 0 Å². The van der Waals surface area contributed by atoms with E-state index in [2.05, 4.69) is 9.71 Å². The van der Waals surface area contributed by atoms with Gasteiger partial charge >= 0.3 is 0 Å². The van der Waals surface area contributed by atoms with Gasteiger partial charge in [0.05, 0.1) is 6.20 Å². The highest BCUT2D eigenvalue weighted by Gasteiger charge is 2.17. The standard InChI is InChI=1S/C12H14ClN3O2S2/c1-16(2)8-9-3-5-10(6-4-9)15-20(17,18)11-7-14-12(13)19-11/h3-7,15H,8H2,1-2H3. The smallest absolute Gasteiger partial charge is 0.273 e. The second-order valence-electron chi connectivity index (χ2n) is 4.47. The van der Waals surface area contributed by atoms with Gasteiger partial charge in [-0.05, 0) is 31.8 Å². The van der Waals surface area contributed by atoms with Crippen LogP contribution in [0.2, 0.25) is 4.47 Å². The zero-order valence-corrected chi connectivity index (χ0v) is 13.4. The molecule has 1 aromatic heterocycles. The van der Waals surface area contributed by atoms with E-state index in [1.165, 1.54) is 6.20 Å². The normalized spacial score (nSPS) is 11.8. The lowest BCUT2D eigenvalue weighted by atomic mass is 10.2. The Hall–Kier alpha value is -1.15. The van der Waals surface area contributed by atoms with Crippen molar-refractivity contribution in [3.05, 3.63) is 40.5 Å². The van der Waals surface area contributed by atoms with Gasteiger partial charge in [-0.15, -0.1) is 0 Å². The van der Waals surface area contributed by atoms with Crippen LogP contribution in [0.15, 0.2) is 34.7 Å². The minimum atomic E-state index is -3.62. The van der Waals surface area contributed by atoms with Crippen LogP contribution >= 0.6 is 22.9 Å². The maximum Gasteiger partial charge on any atom is 0.273 e. The first-order valence-corrected chi connectivity index (χ1v) is 8.42. The molecule has 0 unspecified atom stereocenters. The first kappa shape index (κ1) is 15.2. The van der Waals surface area contributed by atoms with Crippen molar-refractivity contribution in [2.75, 3.05) is 18.8 Å². The molecule has 0 spiro atoms. The number of nitrogens with one attached hydrogen (secondary N) is 1. The van der Waals surface area contributed by atoms with E-state index in [9.17, 15) is 8.42 Å². The summed E-state index contributed by atoms with van der Waals surface area (Å²) in [5.41, 5.74) is 1.62. The second-order valence-corrected chi connectivity index (χ2v) is 7.99. The van der Waals surface area contributed by atoms with E-state index in [1.54, 1.807) is 12.1 Å². The highest BCUT2D eigenvalue weighted by Crippen LogP contribution is 2.24. The van der Waals surface area contributed by atoms with E-state index in [4.69, 9.17) is 11.6 Å².